The van der Waals surface area contributed by atoms with Gasteiger partial charge in [0.05, 0.1) is 5.41 Å². The Morgan fingerprint density at radius 1 is 0.955 bits per heavy atom. The van der Waals surface area contributed by atoms with Gasteiger partial charge in [-0.1, -0.05) is 66.7 Å². The van der Waals surface area contributed by atoms with E-state index in [1.165, 1.54) is 0 Å². The summed E-state index contributed by atoms with van der Waals surface area (Å²) < 4.78 is 5.70. The van der Waals surface area contributed by atoms with E-state index in [0.29, 0.717) is 0 Å². The van der Waals surface area contributed by atoms with E-state index in [1.54, 1.807) is 0 Å². The van der Waals surface area contributed by atoms with Gasteiger partial charge in [0.1, 0.15) is 6.10 Å². The fraction of sp³-hybridized carbons (Fsp3) is 0.250. The molecule has 2 heteroatoms. The average molecular weight is 294 g/mol. The van der Waals surface area contributed by atoms with Crippen molar-refractivity contribution in [3.63, 3.8) is 0 Å². The summed E-state index contributed by atoms with van der Waals surface area (Å²) in [5.41, 5.74) is 1.52. The molecule has 0 spiro atoms. The molecule has 1 unspecified atom stereocenters. The van der Waals surface area contributed by atoms with Gasteiger partial charge in [0.2, 0.25) is 0 Å². The quantitative estimate of drug-likeness (QED) is 0.739. The first-order chi connectivity index (χ1) is 10.5. The molecule has 1 atom stereocenters. The summed E-state index contributed by atoms with van der Waals surface area (Å²) in [5, 5.41) is 0. The minimum Gasteiger partial charge on any atom is -0.453 e. The van der Waals surface area contributed by atoms with Gasteiger partial charge in [0.15, 0.2) is 0 Å². The van der Waals surface area contributed by atoms with Crippen molar-refractivity contribution in [3.8, 4) is 0 Å². The van der Waals surface area contributed by atoms with Crippen LogP contribution >= 0.6 is 0 Å². The minimum absolute atomic E-state index is 0.209. The second-order valence-electron chi connectivity index (χ2n) is 6.26. The molecule has 0 aromatic heterocycles. The Morgan fingerprint density at radius 3 is 2.05 bits per heavy atom. The topological polar surface area (TPSA) is 26.3 Å². The number of ether oxygens (including phenoxy) is 1. The van der Waals surface area contributed by atoms with Gasteiger partial charge in [0, 0.05) is 0 Å². The summed E-state index contributed by atoms with van der Waals surface area (Å²) in [7, 11) is 0. The largest absolute Gasteiger partial charge is 0.453 e. The second-order valence-corrected chi connectivity index (χ2v) is 6.26. The summed E-state index contributed by atoms with van der Waals surface area (Å²) in [6, 6.07) is 19.8. The van der Waals surface area contributed by atoms with Crippen LogP contribution in [-0.2, 0) is 9.53 Å². The Kier molecular flexibility index (Phi) is 5.16. The van der Waals surface area contributed by atoms with E-state index in [0.717, 1.165) is 11.1 Å². The van der Waals surface area contributed by atoms with E-state index in [2.05, 4.69) is 0 Å². The number of hydrogen-bond donors (Lipinski definition) is 0. The third-order valence-corrected chi connectivity index (χ3v) is 3.24. The van der Waals surface area contributed by atoms with Gasteiger partial charge in [-0.2, -0.15) is 0 Å². The molecule has 0 bridgehead atoms. The van der Waals surface area contributed by atoms with Crippen LogP contribution in [0.1, 0.15) is 38.0 Å². The first kappa shape index (κ1) is 16.0. The predicted octanol–water partition coefficient (Wildman–Crippen LogP) is 5.03. The molecule has 2 rings (SSSR count). The van der Waals surface area contributed by atoms with Crippen LogP contribution in [0.25, 0.3) is 6.08 Å². The minimum atomic E-state index is -0.520. The van der Waals surface area contributed by atoms with Gasteiger partial charge in [-0.15, -0.1) is 0 Å². The molecule has 0 aliphatic rings. The fourth-order valence-electron chi connectivity index (χ4n) is 1.92. The molecule has 2 nitrogen and oxygen atoms in total. The second kappa shape index (κ2) is 7.08. The Morgan fingerprint density at radius 2 is 1.50 bits per heavy atom. The van der Waals surface area contributed by atoms with Crippen molar-refractivity contribution in [2.75, 3.05) is 0 Å². The van der Waals surface area contributed by atoms with E-state index >= 15 is 0 Å². The summed E-state index contributed by atoms with van der Waals surface area (Å²) in [4.78, 5) is 12.2. The number of hydrogen-bond acceptors (Lipinski definition) is 2. The highest BCUT2D eigenvalue weighted by Gasteiger charge is 2.26. The molecule has 0 N–H and O–H groups in total. The smallest absolute Gasteiger partial charge is 0.312 e. The first-order valence-corrected chi connectivity index (χ1v) is 7.46. The molecular formula is C20H22O2. The number of carbonyl (C=O) groups is 1. The van der Waals surface area contributed by atoms with Gasteiger partial charge >= 0.3 is 5.97 Å². The zero-order valence-electron chi connectivity index (χ0n) is 13.3. The van der Waals surface area contributed by atoms with Gasteiger partial charge in [0.25, 0.3) is 0 Å². The van der Waals surface area contributed by atoms with Crippen molar-refractivity contribution in [2.24, 2.45) is 5.41 Å². The molecule has 0 aliphatic heterocycles. The monoisotopic (exact) mass is 294 g/mol. The SMILES string of the molecule is CC(C)(C)C(=O)OC(/C=C/c1ccccc1)c1ccccc1. The third kappa shape index (κ3) is 4.59. The van der Waals surface area contributed by atoms with Crippen LogP contribution in [0.5, 0.6) is 0 Å². The normalized spacial score (nSPS) is 13.0. The lowest BCUT2D eigenvalue weighted by molar-refractivity contribution is -0.156. The van der Waals surface area contributed by atoms with Crippen molar-refractivity contribution in [3.05, 3.63) is 77.9 Å². The highest BCUT2D eigenvalue weighted by Crippen LogP contribution is 2.25. The molecule has 114 valence electrons. The van der Waals surface area contributed by atoms with Crippen LogP contribution in [-0.4, -0.2) is 5.97 Å². The van der Waals surface area contributed by atoms with Gasteiger partial charge in [-0.05, 0) is 38.0 Å². The van der Waals surface area contributed by atoms with Crippen molar-refractivity contribution in [1.82, 2.24) is 0 Å². The fourth-order valence-corrected chi connectivity index (χ4v) is 1.92. The molecule has 0 saturated carbocycles. The maximum Gasteiger partial charge on any atom is 0.312 e. The van der Waals surface area contributed by atoms with E-state index in [4.69, 9.17) is 4.74 Å². The number of carbonyl (C=O) groups excluding carboxylic acids is 1. The molecule has 2 aromatic carbocycles. The maximum atomic E-state index is 12.2. The van der Waals surface area contributed by atoms with Crippen molar-refractivity contribution in [1.29, 1.82) is 0 Å². The summed E-state index contributed by atoms with van der Waals surface area (Å²) in [6.45, 7) is 5.58. The third-order valence-electron chi connectivity index (χ3n) is 3.24. The van der Waals surface area contributed by atoms with Crippen molar-refractivity contribution >= 4 is 12.0 Å². The molecule has 0 radical (unpaired) electrons. The van der Waals surface area contributed by atoms with E-state index < -0.39 is 5.41 Å². The molecule has 0 heterocycles. The van der Waals surface area contributed by atoms with Gasteiger partial charge < -0.3 is 4.74 Å². The Labute approximate surface area is 132 Å². The number of benzene rings is 2. The molecule has 0 fully saturated rings. The highest BCUT2D eigenvalue weighted by atomic mass is 16.5. The average Bonchev–Trinajstić information content (AvgIpc) is 2.52. The zero-order chi connectivity index (χ0) is 16.0. The lowest BCUT2D eigenvalue weighted by Gasteiger charge is -2.21. The summed E-state index contributed by atoms with van der Waals surface area (Å²) in [6.07, 6.45) is 3.52. The lowest BCUT2D eigenvalue weighted by Crippen LogP contribution is -2.24. The lowest BCUT2D eigenvalue weighted by atomic mass is 9.97. The Hall–Kier alpha value is -2.35. The number of esters is 1. The molecule has 22 heavy (non-hydrogen) atoms. The van der Waals surface area contributed by atoms with Crippen LogP contribution in [0.3, 0.4) is 0 Å². The summed E-state index contributed by atoms with van der Waals surface area (Å²) >= 11 is 0. The van der Waals surface area contributed by atoms with E-state index in [-0.39, 0.29) is 12.1 Å². The van der Waals surface area contributed by atoms with Crippen LogP contribution in [0, 0.1) is 5.41 Å². The van der Waals surface area contributed by atoms with Gasteiger partial charge in [-0.3, -0.25) is 4.79 Å². The standard InChI is InChI=1S/C20H22O2/c1-20(2,3)19(21)22-18(17-12-8-5-9-13-17)15-14-16-10-6-4-7-11-16/h4-15,18H,1-3H3/b15-14+. The van der Waals surface area contributed by atoms with E-state index in [1.807, 2.05) is 93.6 Å². The Balaban J connectivity index is 2.23. The molecule has 0 amide bonds. The van der Waals surface area contributed by atoms with Crippen molar-refractivity contribution < 1.29 is 9.53 Å². The van der Waals surface area contributed by atoms with E-state index in [9.17, 15) is 4.79 Å². The van der Waals surface area contributed by atoms with Crippen LogP contribution in [0.4, 0.5) is 0 Å². The van der Waals surface area contributed by atoms with Crippen molar-refractivity contribution in [2.45, 2.75) is 26.9 Å². The molecule has 0 aliphatic carbocycles. The van der Waals surface area contributed by atoms with Crippen LogP contribution < -0.4 is 0 Å². The predicted molar refractivity (Wildman–Crippen MR) is 90.2 cm³/mol. The highest BCUT2D eigenvalue weighted by molar-refractivity contribution is 5.76. The Bertz CT molecular complexity index is 622. The van der Waals surface area contributed by atoms with Crippen LogP contribution in [0.2, 0.25) is 0 Å². The van der Waals surface area contributed by atoms with Crippen LogP contribution in [0.15, 0.2) is 66.7 Å². The van der Waals surface area contributed by atoms with Gasteiger partial charge in [-0.25, -0.2) is 0 Å². The maximum absolute atomic E-state index is 12.2. The molecule has 2 aromatic rings. The number of rotatable bonds is 4. The molecule has 0 saturated heterocycles. The first-order valence-electron chi connectivity index (χ1n) is 7.46. The zero-order valence-corrected chi connectivity index (χ0v) is 13.3. The molecular weight excluding hydrogens is 272 g/mol. The summed E-state index contributed by atoms with van der Waals surface area (Å²) in [5.74, 6) is -0.209.